The summed E-state index contributed by atoms with van der Waals surface area (Å²) in [4.78, 5) is 38.2. The van der Waals surface area contributed by atoms with Crippen LogP contribution in [0.1, 0.15) is 19.8 Å². The van der Waals surface area contributed by atoms with Gasteiger partial charge in [-0.3, -0.25) is 24.2 Å². The first-order valence-corrected chi connectivity index (χ1v) is 7.63. The van der Waals surface area contributed by atoms with E-state index in [1.807, 2.05) is 0 Å². The minimum absolute atomic E-state index is 0.0869. The van der Waals surface area contributed by atoms with E-state index in [-0.39, 0.29) is 18.3 Å². The quantitative estimate of drug-likeness (QED) is 0.402. The minimum Gasteiger partial charge on any atom is -0.465 e. The van der Waals surface area contributed by atoms with Gasteiger partial charge in [-0.25, -0.2) is 0 Å². The molecule has 2 rings (SSSR count). The lowest BCUT2D eigenvalue weighted by Gasteiger charge is -2.26. The van der Waals surface area contributed by atoms with Gasteiger partial charge in [-0.05, 0) is 25.7 Å². The summed E-state index contributed by atoms with van der Waals surface area (Å²) in [5.41, 5.74) is 3.48. The summed E-state index contributed by atoms with van der Waals surface area (Å²) < 4.78 is 6.39. The normalized spacial score (nSPS) is 17.3. The second kappa shape index (κ2) is 6.02. The zero-order valence-electron chi connectivity index (χ0n) is 11.9. The molecule has 0 aromatic carbocycles. The highest BCUT2D eigenvalue weighted by atomic mass is 32.2. The number of nitrogens with zero attached hydrogens (tertiary/aromatic N) is 2. The van der Waals surface area contributed by atoms with E-state index in [2.05, 4.69) is 10.1 Å². The molecule has 9 heteroatoms. The second-order valence-electron chi connectivity index (χ2n) is 5.02. The number of hydrogen-bond acceptors (Lipinski definition) is 7. The van der Waals surface area contributed by atoms with Gasteiger partial charge in [0.15, 0.2) is 5.16 Å². The molecule has 0 spiro atoms. The number of hydrogen-bond donors (Lipinski definition) is 2. The monoisotopic (exact) mass is 314 g/mol. The predicted molar refractivity (Wildman–Crippen MR) is 77.1 cm³/mol. The number of nitrogens with one attached hydrogen (secondary N) is 1. The first-order chi connectivity index (χ1) is 9.88. The molecule has 1 saturated carbocycles. The molecule has 3 N–H and O–H groups in total. The number of aryl methyl sites for hydroxylation is 1. The second-order valence-corrected chi connectivity index (χ2v) is 5.97. The summed E-state index contributed by atoms with van der Waals surface area (Å²) in [5.74, 6) is -0.110. The van der Waals surface area contributed by atoms with Gasteiger partial charge in [0.25, 0.3) is 0 Å². The van der Waals surface area contributed by atoms with E-state index in [4.69, 9.17) is 10.5 Å². The molecule has 1 aromatic heterocycles. The maximum Gasteiger partial charge on any atom is 0.339 e. The van der Waals surface area contributed by atoms with E-state index < -0.39 is 22.6 Å². The molecule has 1 heterocycles. The number of thioether (sulfide) groups is 1. The molecule has 0 bridgehead atoms. The van der Waals surface area contributed by atoms with Crippen molar-refractivity contribution in [2.24, 2.45) is 18.7 Å². The van der Waals surface area contributed by atoms with Crippen molar-refractivity contribution in [1.29, 1.82) is 0 Å². The Morgan fingerprint density at radius 3 is 2.81 bits per heavy atom. The molecule has 0 aliphatic heterocycles. The van der Waals surface area contributed by atoms with E-state index in [1.54, 1.807) is 14.0 Å². The summed E-state index contributed by atoms with van der Waals surface area (Å²) in [6.45, 7) is 2.00. The first kappa shape index (κ1) is 15.8. The smallest absolute Gasteiger partial charge is 0.339 e. The van der Waals surface area contributed by atoms with Crippen molar-refractivity contribution >= 4 is 17.7 Å². The van der Waals surface area contributed by atoms with Crippen LogP contribution in [0.3, 0.4) is 0 Å². The van der Waals surface area contributed by atoms with E-state index in [9.17, 15) is 14.4 Å². The molecule has 1 aliphatic carbocycles. The molecule has 1 aliphatic rings. The molecule has 1 atom stereocenters. The molecule has 0 radical (unpaired) electrons. The van der Waals surface area contributed by atoms with Crippen LogP contribution >= 0.6 is 11.8 Å². The van der Waals surface area contributed by atoms with Gasteiger partial charge in [0.05, 0.1) is 6.61 Å². The number of rotatable bonds is 6. The topological polar surface area (TPSA) is 120 Å². The average Bonchev–Trinajstić information content (AvgIpc) is 3.26. The molecule has 116 valence electrons. The van der Waals surface area contributed by atoms with Gasteiger partial charge in [-0.2, -0.15) is 4.98 Å². The van der Waals surface area contributed by atoms with Crippen molar-refractivity contribution in [3.8, 4) is 0 Å². The van der Waals surface area contributed by atoms with E-state index in [1.165, 1.54) is 4.68 Å². The van der Waals surface area contributed by atoms with Gasteiger partial charge in [0.1, 0.15) is 5.54 Å². The summed E-state index contributed by atoms with van der Waals surface area (Å²) in [6.07, 6.45) is 1.77. The number of carbonyl (C=O) groups excluding carboxylic acids is 1. The van der Waals surface area contributed by atoms with Gasteiger partial charge in [0, 0.05) is 12.8 Å². The lowest BCUT2D eigenvalue weighted by molar-refractivity contribution is -0.149. The largest absolute Gasteiger partial charge is 0.465 e. The fourth-order valence-corrected chi connectivity index (χ4v) is 3.09. The molecule has 0 saturated heterocycles. The summed E-state index contributed by atoms with van der Waals surface area (Å²) in [6, 6.07) is 0. The van der Waals surface area contributed by atoms with E-state index in [0.29, 0.717) is 5.16 Å². The summed E-state index contributed by atoms with van der Waals surface area (Å²) in [7, 11) is 1.57. The maximum absolute atomic E-state index is 12.1. The standard InChI is InChI=1S/C12H18N4O4S/c1-3-20-10(19)12(13,7-4-5-7)6-21-11-14-8(17)9(18)15-16(11)2/h7H,3-6,13H2,1-2H3,(H,15,18). The number of nitrogens with two attached hydrogens (primary N) is 1. The molecular weight excluding hydrogens is 296 g/mol. The zero-order valence-corrected chi connectivity index (χ0v) is 12.7. The maximum atomic E-state index is 12.1. The van der Waals surface area contributed by atoms with Gasteiger partial charge >= 0.3 is 17.1 Å². The van der Waals surface area contributed by atoms with Crippen molar-refractivity contribution < 1.29 is 9.53 Å². The number of aromatic amines is 1. The van der Waals surface area contributed by atoms with E-state index >= 15 is 0 Å². The summed E-state index contributed by atoms with van der Waals surface area (Å²) >= 11 is 1.16. The Labute approximate surface area is 125 Å². The van der Waals surface area contributed by atoms with Crippen molar-refractivity contribution in [3.05, 3.63) is 20.7 Å². The van der Waals surface area contributed by atoms with Crippen LogP contribution in [0.4, 0.5) is 0 Å². The van der Waals surface area contributed by atoms with Gasteiger partial charge in [-0.1, -0.05) is 11.8 Å². The third-order valence-corrected chi connectivity index (χ3v) is 4.59. The van der Waals surface area contributed by atoms with Crippen LogP contribution in [0.5, 0.6) is 0 Å². The fraction of sp³-hybridized carbons (Fsp3) is 0.667. The van der Waals surface area contributed by atoms with Crippen LogP contribution < -0.4 is 16.9 Å². The molecule has 1 fully saturated rings. The number of carbonyl (C=O) groups is 1. The van der Waals surface area contributed by atoms with Gasteiger partial charge < -0.3 is 10.5 Å². The van der Waals surface area contributed by atoms with Crippen LogP contribution in [0.25, 0.3) is 0 Å². The minimum atomic E-state index is -1.09. The number of aromatic nitrogens is 3. The Morgan fingerprint density at radius 2 is 2.24 bits per heavy atom. The Balaban J connectivity index is 2.16. The Bertz CT molecular complexity index is 651. The van der Waals surface area contributed by atoms with Crippen molar-refractivity contribution in [1.82, 2.24) is 14.8 Å². The lowest BCUT2D eigenvalue weighted by Crippen LogP contribution is -2.53. The van der Waals surface area contributed by atoms with Gasteiger partial charge in [-0.15, -0.1) is 0 Å². The zero-order chi connectivity index (χ0) is 15.6. The van der Waals surface area contributed by atoms with Crippen LogP contribution in [-0.2, 0) is 16.6 Å². The highest BCUT2D eigenvalue weighted by molar-refractivity contribution is 7.99. The Kier molecular flexibility index (Phi) is 4.52. The molecule has 0 amide bonds. The lowest BCUT2D eigenvalue weighted by atomic mass is 9.97. The third-order valence-electron chi connectivity index (χ3n) is 3.35. The molecule has 21 heavy (non-hydrogen) atoms. The van der Waals surface area contributed by atoms with Crippen LogP contribution in [0, 0.1) is 5.92 Å². The van der Waals surface area contributed by atoms with Gasteiger partial charge in [0.2, 0.25) is 0 Å². The van der Waals surface area contributed by atoms with Crippen molar-refractivity contribution in [3.63, 3.8) is 0 Å². The number of H-pyrrole nitrogens is 1. The number of ether oxygens (including phenoxy) is 1. The van der Waals surface area contributed by atoms with Crippen molar-refractivity contribution in [2.75, 3.05) is 12.4 Å². The Hall–Kier alpha value is -1.61. The Morgan fingerprint density at radius 1 is 1.57 bits per heavy atom. The van der Waals surface area contributed by atoms with Crippen LogP contribution in [0.2, 0.25) is 0 Å². The highest BCUT2D eigenvalue weighted by Gasteiger charge is 2.49. The molecular formula is C12H18N4O4S. The first-order valence-electron chi connectivity index (χ1n) is 6.64. The molecule has 1 aromatic rings. The van der Waals surface area contributed by atoms with Crippen LogP contribution in [0.15, 0.2) is 14.7 Å². The molecule has 1 unspecified atom stereocenters. The third kappa shape index (κ3) is 3.35. The van der Waals surface area contributed by atoms with Crippen LogP contribution in [-0.4, -0.2) is 38.6 Å². The molecule has 8 nitrogen and oxygen atoms in total. The summed E-state index contributed by atoms with van der Waals surface area (Å²) in [5, 5.41) is 2.66. The predicted octanol–water partition coefficient (Wildman–Crippen LogP) is -0.769. The fourth-order valence-electron chi connectivity index (χ4n) is 1.98. The van der Waals surface area contributed by atoms with Crippen molar-refractivity contribution in [2.45, 2.75) is 30.5 Å². The number of esters is 1. The highest BCUT2D eigenvalue weighted by Crippen LogP contribution is 2.41. The average molecular weight is 314 g/mol. The van der Waals surface area contributed by atoms with E-state index in [0.717, 1.165) is 24.6 Å². The SMILES string of the molecule is CCOC(=O)C(N)(CSc1nc(=O)c(=O)[nH]n1C)C1CC1.